The standard InChI is InChI=1S/C31H34N2O2S/c1-22-9-8-11-25(19-22)21-35-27-17-15-24(16-18-27)20-29-30(34)33(28-14-7-6-10-23(28)2)31(36-29)32-26-12-4-3-5-13-26/h3-5,8-9,11-13,15-20,23,28,31-32H,6-7,10,14,21H2,1-2H3/b29-20-/t23-,28-,31?/m1/s1. The smallest absolute Gasteiger partial charge is 0.262 e. The van der Waals surface area contributed by atoms with E-state index < -0.39 is 0 Å². The minimum Gasteiger partial charge on any atom is -0.489 e. The summed E-state index contributed by atoms with van der Waals surface area (Å²) in [5.74, 6) is 1.46. The third-order valence-corrected chi connectivity index (χ3v) is 8.20. The molecule has 1 amide bonds. The molecular weight excluding hydrogens is 464 g/mol. The molecule has 1 saturated carbocycles. The normalized spacial score (nSPS) is 23.2. The van der Waals surface area contributed by atoms with E-state index in [-0.39, 0.29) is 17.4 Å². The first kappa shape index (κ1) is 24.5. The number of hydrogen-bond donors (Lipinski definition) is 1. The molecule has 1 unspecified atom stereocenters. The second-order valence-corrected chi connectivity index (χ2v) is 11.0. The van der Waals surface area contributed by atoms with Crippen molar-refractivity contribution in [1.29, 1.82) is 0 Å². The van der Waals surface area contributed by atoms with Crippen molar-refractivity contribution >= 4 is 29.4 Å². The molecular formula is C31H34N2O2S. The molecule has 0 aromatic heterocycles. The Morgan fingerprint density at radius 2 is 1.78 bits per heavy atom. The molecule has 2 aliphatic rings. The van der Waals surface area contributed by atoms with Gasteiger partial charge in [0.25, 0.3) is 5.91 Å². The number of hydrogen-bond acceptors (Lipinski definition) is 4. The Balaban J connectivity index is 1.32. The van der Waals surface area contributed by atoms with Gasteiger partial charge in [0.15, 0.2) is 5.50 Å². The number of aryl methyl sites for hydroxylation is 1. The summed E-state index contributed by atoms with van der Waals surface area (Å²) < 4.78 is 5.97. The van der Waals surface area contributed by atoms with Gasteiger partial charge >= 0.3 is 0 Å². The summed E-state index contributed by atoms with van der Waals surface area (Å²) in [7, 11) is 0. The van der Waals surface area contributed by atoms with Crippen LogP contribution in [0.3, 0.4) is 0 Å². The Labute approximate surface area is 218 Å². The summed E-state index contributed by atoms with van der Waals surface area (Å²) in [6.45, 7) is 4.92. The zero-order chi connectivity index (χ0) is 24.9. The number of carbonyl (C=O) groups excluding carboxylic acids is 1. The van der Waals surface area contributed by atoms with Crippen LogP contribution in [-0.4, -0.2) is 22.3 Å². The van der Waals surface area contributed by atoms with Gasteiger partial charge in [0.1, 0.15) is 12.4 Å². The minimum absolute atomic E-state index is 0.103. The third-order valence-electron chi connectivity index (χ3n) is 7.09. The minimum atomic E-state index is -0.103. The number of carbonyl (C=O) groups is 1. The highest BCUT2D eigenvalue weighted by Gasteiger charge is 2.42. The van der Waals surface area contributed by atoms with Crippen LogP contribution in [-0.2, 0) is 11.4 Å². The van der Waals surface area contributed by atoms with Crippen LogP contribution in [0.15, 0.2) is 83.8 Å². The van der Waals surface area contributed by atoms with E-state index in [1.165, 1.54) is 24.8 Å². The van der Waals surface area contributed by atoms with Crippen LogP contribution in [0.5, 0.6) is 5.75 Å². The van der Waals surface area contributed by atoms with Crippen LogP contribution < -0.4 is 10.1 Å². The van der Waals surface area contributed by atoms with E-state index in [0.717, 1.165) is 33.9 Å². The number of ether oxygens (including phenoxy) is 1. The van der Waals surface area contributed by atoms with Crippen molar-refractivity contribution in [2.24, 2.45) is 5.92 Å². The Kier molecular flexibility index (Phi) is 7.66. The lowest BCUT2D eigenvalue weighted by Gasteiger charge is -2.39. The van der Waals surface area contributed by atoms with Gasteiger partial charge in [-0.3, -0.25) is 4.79 Å². The number of nitrogens with zero attached hydrogens (tertiary/aromatic N) is 1. The third kappa shape index (κ3) is 5.79. The van der Waals surface area contributed by atoms with Gasteiger partial charge < -0.3 is 15.0 Å². The molecule has 4 nitrogen and oxygen atoms in total. The summed E-state index contributed by atoms with van der Waals surface area (Å²) in [6, 6.07) is 26.8. The summed E-state index contributed by atoms with van der Waals surface area (Å²) in [5.41, 5.74) is 4.32. The van der Waals surface area contributed by atoms with Crippen molar-refractivity contribution in [3.05, 3.63) is 100 Å². The first-order valence-corrected chi connectivity index (χ1v) is 13.8. The van der Waals surface area contributed by atoms with Gasteiger partial charge in [-0.25, -0.2) is 0 Å². The van der Waals surface area contributed by atoms with Crippen LogP contribution in [0, 0.1) is 12.8 Å². The summed E-state index contributed by atoms with van der Waals surface area (Å²) in [5, 5.41) is 3.61. The highest BCUT2D eigenvalue weighted by Crippen LogP contribution is 2.42. The Morgan fingerprint density at radius 3 is 2.53 bits per heavy atom. The second kappa shape index (κ2) is 11.3. The number of rotatable bonds is 7. The van der Waals surface area contributed by atoms with Gasteiger partial charge in [-0.05, 0) is 67.2 Å². The van der Waals surface area contributed by atoms with Crippen molar-refractivity contribution in [1.82, 2.24) is 4.90 Å². The fourth-order valence-electron chi connectivity index (χ4n) is 5.15. The van der Waals surface area contributed by atoms with E-state index in [2.05, 4.69) is 60.5 Å². The van der Waals surface area contributed by atoms with E-state index in [9.17, 15) is 4.79 Å². The molecule has 2 fully saturated rings. The number of nitrogens with one attached hydrogen (secondary N) is 1. The molecule has 1 aliphatic carbocycles. The number of anilines is 1. The van der Waals surface area contributed by atoms with Crippen molar-refractivity contribution in [3.63, 3.8) is 0 Å². The zero-order valence-corrected chi connectivity index (χ0v) is 21.8. The maximum absolute atomic E-state index is 13.7. The Hall–Kier alpha value is -3.18. The lowest BCUT2D eigenvalue weighted by atomic mass is 9.85. The first-order chi connectivity index (χ1) is 17.6. The molecule has 3 atom stereocenters. The van der Waals surface area contributed by atoms with Crippen LogP contribution in [0.4, 0.5) is 5.69 Å². The van der Waals surface area contributed by atoms with Crippen molar-refractivity contribution in [3.8, 4) is 5.75 Å². The predicted octanol–water partition coefficient (Wildman–Crippen LogP) is 7.46. The quantitative estimate of drug-likeness (QED) is 0.343. The molecule has 1 saturated heterocycles. The number of benzene rings is 3. The fourth-order valence-corrected chi connectivity index (χ4v) is 6.36. The molecule has 0 spiro atoms. The predicted molar refractivity (Wildman–Crippen MR) is 150 cm³/mol. The van der Waals surface area contributed by atoms with Crippen molar-refractivity contribution < 1.29 is 9.53 Å². The van der Waals surface area contributed by atoms with Crippen molar-refractivity contribution in [2.75, 3.05) is 5.32 Å². The average Bonchev–Trinajstić information content (AvgIpc) is 3.18. The summed E-state index contributed by atoms with van der Waals surface area (Å²) >= 11 is 1.62. The van der Waals surface area contributed by atoms with E-state index in [4.69, 9.17) is 4.74 Å². The molecule has 0 radical (unpaired) electrons. The number of amides is 1. The van der Waals surface area contributed by atoms with Gasteiger partial charge in [0.2, 0.25) is 0 Å². The van der Waals surface area contributed by atoms with Crippen LogP contribution in [0.1, 0.15) is 49.3 Å². The maximum Gasteiger partial charge on any atom is 0.262 e. The van der Waals surface area contributed by atoms with Gasteiger partial charge in [0.05, 0.1) is 4.91 Å². The average molecular weight is 499 g/mol. The molecule has 3 aromatic rings. The Morgan fingerprint density at radius 1 is 1.00 bits per heavy atom. The molecule has 1 heterocycles. The molecule has 36 heavy (non-hydrogen) atoms. The number of thioether (sulfide) groups is 1. The highest BCUT2D eigenvalue weighted by atomic mass is 32.2. The van der Waals surface area contributed by atoms with Gasteiger partial charge in [-0.1, -0.05) is 91.7 Å². The maximum atomic E-state index is 13.7. The van der Waals surface area contributed by atoms with E-state index in [1.54, 1.807) is 11.8 Å². The van der Waals surface area contributed by atoms with Gasteiger partial charge in [-0.2, -0.15) is 0 Å². The monoisotopic (exact) mass is 498 g/mol. The molecule has 5 heteroatoms. The molecule has 0 bridgehead atoms. The largest absolute Gasteiger partial charge is 0.489 e. The SMILES string of the molecule is Cc1cccc(COc2ccc(/C=C3\SC(Nc4ccccc4)N([C@@H]4CCCC[C@H]4C)C3=O)cc2)c1. The lowest BCUT2D eigenvalue weighted by molar-refractivity contribution is -0.129. The van der Waals surface area contributed by atoms with E-state index in [0.29, 0.717) is 12.5 Å². The summed E-state index contributed by atoms with van der Waals surface area (Å²) in [6.07, 6.45) is 6.71. The van der Waals surface area contributed by atoms with Crippen molar-refractivity contribution in [2.45, 2.75) is 57.7 Å². The molecule has 1 N–H and O–H groups in total. The number of para-hydroxylation sites is 1. The first-order valence-electron chi connectivity index (χ1n) is 12.9. The van der Waals surface area contributed by atoms with Gasteiger partial charge in [-0.15, -0.1) is 0 Å². The molecule has 1 aliphatic heterocycles. The second-order valence-electron chi connectivity index (χ2n) is 9.88. The van der Waals surface area contributed by atoms with Gasteiger partial charge in [0, 0.05) is 11.7 Å². The topological polar surface area (TPSA) is 41.6 Å². The summed E-state index contributed by atoms with van der Waals surface area (Å²) in [4.78, 5) is 16.6. The Bertz CT molecular complexity index is 1210. The highest BCUT2D eigenvalue weighted by molar-refractivity contribution is 8.05. The zero-order valence-electron chi connectivity index (χ0n) is 21.0. The van der Waals surface area contributed by atoms with Crippen LogP contribution in [0.2, 0.25) is 0 Å². The lowest BCUT2D eigenvalue weighted by Crippen LogP contribution is -2.48. The fraction of sp³-hybridized carbons (Fsp3) is 0.323. The molecule has 186 valence electrons. The van der Waals surface area contributed by atoms with E-state index in [1.807, 2.05) is 48.5 Å². The molecule has 3 aromatic carbocycles. The van der Waals surface area contributed by atoms with Crippen LogP contribution >= 0.6 is 11.8 Å². The van der Waals surface area contributed by atoms with Crippen LogP contribution in [0.25, 0.3) is 6.08 Å². The van der Waals surface area contributed by atoms with E-state index >= 15 is 0 Å². The molecule has 5 rings (SSSR count).